The second-order valence-corrected chi connectivity index (χ2v) is 10.6. The highest BCUT2D eigenvalue weighted by Crippen LogP contribution is 2.50. The topological polar surface area (TPSA) is 109 Å². The maximum Gasteiger partial charge on any atom is 0.228 e. The van der Waals surface area contributed by atoms with Gasteiger partial charge < -0.3 is 19.0 Å². The lowest BCUT2D eigenvalue weighted by molar-refractivity contribution is -0.118. The first kappa shape index (κ1) is 25.5. The molecular weight excluding hydrogens is 510 g/mol. The number of benzene rings is 2. The van der Waals surface area contributed by atoms with Crippen molar-refractivity contribution < 1.29 is 23.8 Å². The van der Waals surface area contributed by atoms with Crippen molar-refractivity contribution in [1.82, 2.24) is 19.6 Å². The molecule has 1 aliphatic carbocycles. The molecule has 204 valence electrons. The summed E-state index contributed by atoms with van der Waals surface area (Å²) in [5.74, 6) is 2.67. The highest BCUT2D eigenvalue weighted by molar-refractivity contribution is 6.00. The molecule has 6 rings (SSSR count). The van der Waals surface area contributed by atoms with E-state index in [2.05, 4.69) is 29.1 Å². The maximum absolute atomic E-state index is 13.6. The van der Waals surface area contributed by atoms with Crippen LogP contribution in [0.4, 0.5) is 0 Å². The van der Waals surface area contributed by atoms with E-state index in [1.807, 2.05) is 48.5 Å². The lowest BCUT2D eigenvalue weighted by atomic mass is 9.70. The highest BCUT2D eigenvalue weighted by atomic mass is 16.6. The van der Waals surface area contributed by atoms with Gasteiger partial charge in [0.15, 0.2) is 23.9 Å². The summed E-state index contributed by atoms with van der Waals surface area (Å²) >= 11 is 0. The largest absolute Gasteiger partial charge is 0.497 e. The normalized spacial score (nSPS) is 17.9. The first-order valence-corrected chi connectivity index (χ1v) is 13.0. The van der Waals surface area contributed by atoms with Gasteiger partial charge in [0.25, 0.3) is 0 Å². The number of ether oxygens (including phenoxy) is 3. The third-order valence-electron chi connectivity index (χ3n) is 7.14. The van der Waals surface area contributed by atoms with Crippen LogP contribution in [0.2, 0.25) is 0 Å². The van der Waals surface area contributed by atoms with Crippen molar-refractivity contribution >= 4 is 17.6 Å². The zero-order chi connectivity index (χ0) is 27.9. The fraction of sp³-hybridized carbons (Fsp3) is 0.300. The van der Waals surface area contributed by atoms with Crippen LogP contribution in [-0.4, -0.2) is 45.8 Å². The molecule has 0 radical (unpaired) electrons. The highest BCUT2D eigenvalue weighted by Gasteiger charge is 2.44. The molecule has 3 heterocycles. The Hall–Kier alpha value is -4.73. The molecule has 0 bridgehead atoms. The number of ketones is 1. The summed E-state index contributed by atoms with van der Waals surface area (Å²) in [6, 6.07) is 15.2. The monoisotopic (exact) mass is 539 g/mol. The molecule has 2 aromatic heterocycles. The Morgan fingerprint density at radius 1 is 1.05 bits per heavy atom. The Morgan fingerprint density at radius 3 is 2.45 bits per heavy atom. The molecule has 10 nitrogen and oxygen atoms in total. The quantitative estimate of drug-likeness (QED) is 0.242. The SMILES string of the molecule is COc1ccc(/C=N\OCc2nc3c4c(ncn3n2)OC2=C(C(=O)CC(C)(C)C2)[C@@H]4c2ccc(OC)cc2)cc1. The average molecular weight is 540 g/mol. The van der Waals surface area contributed by atoms with Gasteiger partial charge in [-0.05, 0) is 52.9 Å². The molecule has 40 heavy (non-hydrogen) atoms. The molecule has 0 N–H and O–H groups in total. The zero-order valence-corrected chi connectivity index (χ0v) is 22.7. The molecule has 1 atom stereocenters. The summed E-state index contributed by atoms with van der Waals surface area (Å²) in [7, 11) is 3.25. The van der Waals surface area contributed by atoms with E-state index in [1.165, 1.54) is 0 Å². The molecule has 0 saturated carbocycles. The number of fused-ring (bicyclic) bond motifs is 3. The minimum atomic E-state index is -0.407. The summed E-state index contributed by atoms with van der Waals surface area (Å²) in [5.41, 5.74) is 3.48. The van der Waals surface area contributed by atoms with Crippen LogP contribution in [0.5, 0.6) is 17.4 Å². The van der Waals surface area contributed by atoms with E-state index in [0.717, 1.165) is 22.6 Å². The van der Waals surface area contributed by atoms with Crippen molar-refractivity contribution in [3.8, 4) is 17.4 Å². The summed E-state index contributed by atoms with van der Waals surface area (Å²) in [6.45, 7) is 4.21. The summed E-state index contributed by atoms with van der Waals surface area (Å²) in [4.78, 5) is 28.4. The minimum absolute atomic E-state index is 0.0538. The van der Waals surface area contributed by atoms with E-state index in [9.17, 15) is 4.79 Å². The second-order valence-electron chi connectivity index (χ2n) is 10.6. The van der Waals surface area contributed by atoms with Gasteiger partial charge in [-0.15, -0.1) is 5.10 Å². The van der Waals surface area contributed by atoms with Gasteiger partial charge in [0, 0.05) is 24.3 Å². The predicted molar refractivity (Wildman–Crippen MR) is 147 cm³/mol. The molecular formula is C30H29N5O5. The Bertz CT molecular complexity index is 1640. The number of aromatic nitrogens is 4. The number of allylic oxidation sites excluding steroid dienone is 2. The summed E-state index contributed by atoms with van der Waals surface area (Å²) in [6.07, 6.45) is 4.25. The van der Waals surface area contributed by atoms with Crippen LogP contribution < -0.4 is 14.2 Å². The summed E-state index contributed by atoms with van der Waals surface area (Å²) in [5, 5.41) is 8.59. The van der Waals surface area contributed by atoms with E-state index >= 15 is 0 Å². The summed E-state index contributed by atoms with van der Waals surface area (Å²) < 4.78 is 18.4. The number of carbonyl (C=O) groups excluding carboxylic acids is 1. The van der Waals surface area contributed by atoms with Crippen molar-refractivity contribution in [3.63, 3.8) is 0 Å². The third-order valence-corrected chi connectivity index (χ3v) is 7.14. The van der Waals surface area contributed by atoms with Crippen LogP contribution >= 0.6 is 0 Å². The lowest BCUT2D eigenvalue weighted by Gasteiger charge is -2.37. The second kappa shape index (κ2) is 10.1. The number of nitrogens with zero attached hydrogens (tertiary/aromatic N) is 5. The Balaban J connectivity index is 1.35. The van der Waals surface area contributed by atoms with Crippen LogP contribution in [0.1, 0.15) is 55.1 Å². The van der Waals surface area contributed by atoms with E-state index in [0.29, 0.717) is 47.1 Å². The standard InChI is InChI=1S/C30H29N5O5/c1-30(2)13-22(36)26-23(14-30)40-29-27(25(26)19-7-11-21(38-4)12-8-19)28-33-24(34-35(28)17-31-29)16-39-32-15-18-5-9-20(37-3)10-6-18/h5-12,15,17,25H,13-14,16H2,1-4H3/b32-15-/t25-/m0/s1. The first-order chi connectivity index (χ1) is 19.3. The van der Waals surface area contributed by atoms with Crippen molar-refractivity contribution in [2.24, 2.45) is 10.6 Å². The van der Waals surface area contributed by atoms with Gasteiger partial charge in [0.2, 0.25) is 5.88 Å². The van der Waals surface area contributed by atoms with Crippen molar-refractivity contribution in [2.75, 3.05) is 14.2 Å². The fourth-order valence-electron chi connectivity index (χ4n) is 5.26. The molecule has 0 spiro atoms. The van der Waals surface area contributed by atoms with Crippen LogP contribution in [-0.2, 0) is 16.2 Å². The smallest absolute Gasteiger partial charge is 0.228 e. The minimum Gasteiger partial charge on any atom is -0.497 e. The van der Waals surface area contributed by atoms with E-state index in [1.54, 1.807) is 31.3 Å². The molecule has 0 fully saturated rings. The molecule has 0 unspecified atom stereocenters. The molecule has 10 heteroatoms. The lowest BCUT2D eigenvalue weighted by Crippen LogP contribution is -2.33. The maximum atomic E-state index is 13.6. The molecule has 2 aromatic carbocycles. The van der Waals surface area contributed by atoms with E-state index in [4.69, 9.17) is 24.0 Å². The van der Waals surface area contributed by atoms with E-state index in [-0.39, 0.29) is 17.8 Å². The Kier molecular flexibility index (Phi) is 6.45. The number of hydrogen-bond acceptors (Lipinski definition) is 9. The van der Waals surface area contributed by atoms with Crippen molar-refractivity contribution in [3.05, 3.63) is 88.7 Å². The Labute approximate surface area is 231 Å². The van der Waals surface area contributed by atoms with Crippen molar-refractivity contribution in [2.45, 2.75) is 39.2 Å². The van der Waals surface area contributed by atoms with Gasteiger partial charge in [-0.25, -0.2) is 14.5 Å². The van der Waals surface area contributed by atoms with Gasteiger partial charge in [0.05, 0.1) is 26.0 Å². The van der Waals surface area contributed by atoms with Crippen LogP contribution in [0, 0.1) is 5.41 Å². The van der Waals surface area contributed by atoms with Gasteiger partial charge in [-0.1, -0.05) is 31.1 Å². The van der Waals surface area contributed by atoms with Gasteiger partial charge in [-0.2, -0.15) is 0 Å². The third kappa shape index (κ3) is 4.76. The van der Waals surface area contributed by atoms with Gasteiger partial charge in [0.1, 0.15) is 23.6 Å². The predicted octanol–water partition coefficient (Wildman–Crippen LogP) is 4.86. The number of carbonyl (C=O) groups is 1. The van der Waals surface area contributed by atoms with Gasteiger partial charge >= 0.3 is 0 Å². The average Bonchev–Trinajstić information content (AvgIpc) is 3.37. The molecule has 2 aliphatic rings. The number of oxime groups is 1. The van der Waals surface area contributed by atoms with Crippen molar-refractivity contribution in [1.29, 1.82) is 0 Å². The number of Topliss-reactive ketones (excluding diaryl/α,β-unsaturated/α-hetero) is 1. The van der Waals surface area contributed by atoms with Crippen LogP contribution in [0.25, 0.3) is 5.65 Å². The molecule has 4 aromatic rings. The molecule has 0 amide bonds. The molecule has 0 saturated heterocycles. The molecule has 1 aliphatic heterocycles. The van der Waals surface area contributed by atoms with Crippen LogP contribution in [0.3, 0.4) is 0 Å². The first-order valence-electron chi connectivity index (χ1n) is 13.0. The number of rotatable bonds is 7. The zero-order valence-electron chi connectivity index (χ0n) is 22.7. The Morgan fingerprint density at radius 2 is 1.75 bits per heavy atom. The van der Waals surface area contributed by atoms with Gasteiger partial charge in [-0.3, -0.25) is 4.79 Å². The van der Waals surface area contributed by atoms with E-state index < -0.39 is 5.92 Å². The fourth-order valence-corrected chi connectivity index (χ4v) is 5.26. The number of hydrogen-bond donors (Lipinski definition) is 0. The van der Waals surface area contributed by atoms with Crippen LogP contribution in [0.15, 0.2) is 71.3 Å². The number of methoxy groups -OCH3 is 2.